The van der Waals surface area contributed by atoms with E-state index in [0.717, 1.165) is 18.6 Å². The first kappa shape index (κ1) is 15.6. The number of nitrogens with two attached hydrogens (primary N) is 1. The molecule has 0 aliphatic carbocycles. The third-order valence-electron chi connectivity index (χ3n) is 3.93. The summed E-state index contributed by atoms with van der Waals surface area (Å²) in [6.07, 6.45) is 1.84. The van der Waals surface area contributed by atoms with Crippen molar-refractivity contribution in [3.63, 3.8) is 0 Å². The molecule has 0 aromatic heterocycles. The van der Waals surface area contributed by atoms with Gasteiger partial charge in [0, 0.05) is 6.04 Å². The van der Waals surface area contributed by atoms with Gasteiger partial charge in [0.25, 0.3) is 0 Å². The lowest BCUT2D eigenvalue weighted by Gasteiger charge is -2.17. The maximum absolute atomic E-state index is 6.12. The molecule has 0 aliphatic rings. The summed E-state index contributed by atoms with van der Waals surface area (Å²) in [5, 5.41) is 0. The second-order valence-electron chi connectivity index (χ2n) is 5.65. The summed E-state index contributed by atoms with van der Waals surface area (Å²) in [5.41, 5.74) is 11.0. The van der Waals surface area contributed by atoms with Crippen LogP contribution in [-0.4, -0.2) is 6.04 Å². The Morgan fingerprint density at radius 1 is 0.952 bits per heavy atom. The van der Waals surface area contributed by atoms with Crippen LogP contribution in [0.15, 0.2) is 42.5 Å². The van der Waals surface area contributed by atoms with E-state index in [0.29, 0.717) is 6.61 Å². The van der Waals surface area contributed by atoms with Crippen molar-refractivity contribution in [3.05, 3.63) is 64.7 Å². The van der Waals surface area contributed by atoms with E-state index >= 15 is 0 Å². The molecular weight excluding hydrogens is 258 g/mol. The lowest BCUT2D eigenvalue weighted by atomic mass is 10.0. The van der Waals surface area contributed by atoms with Crippen LogP contribution in [0.4, 0.5) is 0 Å². The van der Waals surface area contributed by atoms with Gasteiger partial charge in [-0.25, -0.2) is 0 Å². The SMILES string of the molecule is CCC(N)Cc1cccc(C)c1OCc1ccccc1C. The average molecular weight is 283 g/mol. The highest BCUT2D eigenvalue weighted by Gasteiger charge is 2.11. The third kappa shape index (κ3) is 4.08. The van der Waals surface area contributed by atoms with Crippen molar-refractivity contribution in [1.82, 2.24) is 0 Å². The van der Waals surface area contributed by atoms with Crippen molar-refractivity contribution in [3.8, 4) is 5.75 Å². The number of hydrogen-bond donors (Lipinski definition) is 1. The second-order valence-corrected chi connectivity index (χ2v) is 5.65. The quantitative estimate of drug-likeness (QED) is 0.864. The lowest BCUT2D eigenvalue weighted by molar-refractivity contribution is 0.299. The Morgan fingerprint density at radius 2 is 1.62 bits per heavy atom. The highest BCUT2D eigenvalue weighted by molar-refractivity contribution is 5.41. The fourth-order valence-electron chi connectivity index (χ4n) is 2.43. The molecule has 0 aliphatic heterocycles. The van der Waals surface area contributed by atoms with Gasteiger partial charge in [-0.15, -0.1) is 0 Å². The molecule has 2 aromatic carbocycles. The molecule has 0 bridgehead atoms. The molecule has 1 atom stereocenters. The number of benzene rings is 2. The van der Waals surface area contributed by atoms with E-state index in [4.69, 9.17) is 10.5 Å². The van der Waals surface area contributed by atoms with Gasteiger partial charge in [-0.2, -0.15) is 0 Å². The van der Waals surface area contributed by atoms with E-state index < -0.39 is 0 Å². The average Bonchev–Trinajstić information content (AvgIpc) is 2.48. The van der Waals surface area contributed by atoms with Gasteiger partial charge >= 0.3 is 0 Å². The second kappa shape index (κ2) is 7.28. The van der Waals surface area contributed by atoms with E-state index in [1.165, 1.54) is 22.3 Å². The van der Waals surface area contributed by atoms with Crippen LogP contribution < -0.4 is 10.5 Å². The molecule has 21 heavy (non-hydrogen) atoms. The Bertz CT molecular complexity index is 592. The monoisotopic (exact) mass is 283 g/mol. The smallest absolute Gasteiger partial charge is 0.125 e. The number of rotatable bonds is 6. The Labute approximate surface area is 127 Å². The minimum atomic E-state index is 0.188. The first-order valence-corrected chi connectivity index (χ1v) is 7.63. The van der Waals surface area contributed by atoms with Crippen LogP contribution in [0, 0.1) is 13.8 Å². The first-order valence-electron chi connectivity index (χ1n) is 7.63. The van der Waals surface area contributed by atoms with E-state index in [1.54, 1.807) is 0 Å². The minimum absolute atomic E-state index is 0.188. The Morgan fingerprint density at radius 3 is 2.33 bits per heavy atom. The Balaban J connectivity index is 2.17. The molecule has 1 unspecified atom stereocenters. The standard InChI is InChI=1S/C19H25NO/c1-4-18(20)12-16-11-7-9-15(3)19(16)21-13-17-10-6-5-8-14(17)2/h5-11,18H,4,12-13,20H2,1-3H3. The predicted molar refractivity (Wildman–Crippen MR) is 88.7 cm³/mol. The molecule has 0 saturated carbocycles. The summed E-state index contributed by atoms with van der Waals surface area (Å²) in [4.78, 5) is 0. The molecule has 0 radical (unpaired) electrons. The maximum atomic E-state index is 6.12. The molecule has 2 nitrogen and oxygen atoms in total. The van der Waals surface area contributed by atoms with E-state index in [-0.39, 0.29) is 6.04 Å². The zero-order valence-corrected chi connectivity index (χ0v) is 13.2. The normalized spacial score (nSPS) is 12.2. The van der Waals surface area contributed by atoms with Gasteiger partial charge in [-0.1, -0.05) is 49.4 Å². The first-order chi connectivity index (χ1) is 10.1. The minimum Gasteiger partial charge on any atom is -0.488 e. The fourth-order valence-corrected chi connectivity index (χ4v) is 2.43. The van der Waals surface area contributed by atoms with Gasteiger partial charge in [0.15, 0.2) is 0 Å². The van der Waals surface area contributed by atoms with Crippen LogP contribution in [0.1, 0.15) is 35.6 Å². The van der Waals surface area contributed by atoms with E-state index in [9.17, 15) is 0 Å². The largest absolute Gasteiger partial charge is 0.488 e. The van der Waals surface area contributed by atoms with Gasteiger partial charge in [-0.05, 0) is 48.9 Å². The van der Waals surface area contributed by atoms with Crippen molar-refractivity contribution in [1.29, 1.82) is 0 Å². The molecule has 2 N–H and O–H groups in total. The van der Waals surface area contributed by atoms with Crippen molar-refractivity contribution >= 4 is 0 Å². The molecule has 0 heterocycles. The van der Waals surface area contributed by atoms with Crippen LogP contribution in [0.25, 0.3) is 0 Å². The topological polar surface area (TPSA) is 35.2 Å². The van der Waals surface area contributed by atoms with Gasteiger partial charge in [-0.3, -0.25) is 0 Å². The fraction of sp³-hybridized carbons (Fsp3) is 0.368. The lowest BCUT2D eigenvalue weighted by Crippen LogP contribution is -2.21. The summed E-state index contributed by atoms with van der Waals surface area (Å²) in [7, 11) is 0. The highest BCUT2D eigenvalue weighted by Crippen LogP contribution is 2.26. The van der Waals surface area contributed by atoms with Crippen LogP contribution in [0.3, 0.4) is 0 Å². The molecule has 112 valence electrons. The summed E-state index contributed by atoms with van der Waals surface area (Å²) in [6, 6.07) is 14.8. The summed E-state index contributed by atoms with van der Waals surface area (Å²) < 4.78 is 6.12. The summed E-state index contributed by atoms with van der Waals surface area (Å²) in [5.74, 6) is 0.990. The third-order valence-corrected chi connectivity index (χ3v) is 3.93. The van der Waals surface area contributed by atoms with Crippen LogP contribution in [0.2, 0.25) is 0 Å². The van der Waals surface area contributed by atoms with Crippen molar-refractivity contribution in [2.24, 2.45) is 5.73 Å². The van der Waals surface area contributed by atoms with Crippen molar-refractivity contribution in [2.75, 3.05) is 0 Å². The van der Waals surface area contributed by atoms with Crippen LogP contribution in [-0.2, 0) is 13.0 Å². The van der Waals surface area contributed by atoms with Gasteiger partial charge in [0.05, 0.1) is 0 Å². The molecule has 2 heteroatoms. The van der Waals surface area contributed by atoms with Crippen molar-refractivity contribution in [2.45, 2.75) is 46.3 Å². The zero-order valence-electron chi connectivity index (χ0n) is 13.2. The van der Waals surface area contributed by atoms with Gasteiger partial charge in [0.2, 0.25) is 0 Å². The number of aryl methyl sites for hydroxylation is 2. The molecule has 2 aromatic rings. The highest BCUT2D eigenvalue weighted by atomic mass is 16.5. The maximum Gasteiger partial charge on any atom is 0.125 e. The summed E-state index contributed by atoms with van der Waals surface area (Å²) in [6.45, 7) is 6.93. The zero-order chi connectivity index (χ0) is 15.2. The number of hydrogen-bond acceptors (Lipinski definition) is 2. The number of ether oxygens (including phenoxy) is 1. The molecule has 0 spiro atoms. The summed E-state index contributed by atoms with van der Waals surface area (Å²) >= 11 is 0. The molecule has 0 saturated heterocycles. The molecule has 0 fully saturated rings. The van der Waals surface area contributed by atoms with Crippen LogP contribution >= 0.6 is 0 Å². The molecule has 2 rings (SSSR count). The molecule has 0 amide bonds. The van der Waals surface area contributed by atoms with Gasteiger partial charge < -0.3 is 10.5 Å². The van der Waals surface area contributed by atoms with Crippen LogP contribution in [0.5, 0.6) is 5.75 Å². The Hall–Kier alpha value is -1.80. The van der Waals surface area contributed by atoms with Crippen molar-refractivity contribution < 1.29 is 4.74 Å². The van der Waals surface area contributed by atoms with E-state index in [1.807, 2.05) is 0 Å². The molecular formula is C19H25NO. The van der Waals surface area contributed by atoms with Gasteiger partial charge in [0.1, 0.15) is 12.4 Å². The predicted octanol–water partition coefficient (Wildman–Crippen LogP) is 4.16. The number of para-hydroxylation sites is 1. The Kier molecular flexibility index (Phi) is 5.40. The van der Waals surface area contributed by atoms with E-state index in [2.05, 4.69) is 63.2 Å².